The Kier molecular flexibility index (Phi) is 4.49. The summed E-state index contributed by atoms with van der Waals surface area (Å²) in [5, 5.41) is -0.129. The SMILES string of the molecule is CC(C)(C(=O)c1ccc(Br)c(Cl)c1F)c1ccc(F)cc1. The van der Waals surface area contributed by atoms with Gasteiger partial charge in [-0.3, -0.25) is 4.79 Å². The molecule has 0 aliphatic rings. The standard InChI is InChI=1S/C16H12BrClF2O/c1-16(2,9-3-5-10(19)6-4-9)15(21)11-7-8-12(17)13(18)14(11)20/h3-8H,1-2H3. The molecule has 0 unspecified atom stereocenters. The molecule has 5 heteroatoms. The van der Waals surface area contributed by atoms with Crippen LogP contribution in [0.4, 0.5) is 8.78 Å². The van der Waals surface area contributed by atoms with Gasteiger partial charge in [-0.2, -0.15) is 0 Å². The third-order valence-corrected chi connectivity index (χ3v) is 4.67. The van der Waals surface area contributed by atoms with Crippen LogP contribution in [0.1, 0.15) is 29.8 Å². The van der Waals surface area contributed by atoms with Crippen molar-refractivity contribution in [3.63, 3.8) is 0 Å². The first-order chi connectivity index (χ1) is 9.75. The van der Waals surface area contributed by atoms with Gasteiger partial charge in [0.05, 0.1) is 16.0 Å². The maximum absolute atomic E-state index is 14.2. The Bertz CT molecular complexity index is 696. The molecule has 2 aromatic carbocycles. The van der Waals surface area contributed by atoms with Gasteiger partial charge in [0, 0.05) is 4.47 Å². The molecule has 0 spiro atoms. The number of hydrogen-bond donors (Lipinski definition) is 0. The number of carbonyl (C=O) groups is 1. The Morgan fingerprint density at radius 2 is 1.67 bits per heavy atom. The minimum absolute atomic E-state index is 0.0856. The summed E-state index contributed by atoms with van der Waals surface area (Å²) in [6, 6.07) is 8.50. The Morgan fingerprint density at radius 3 is 2.24 bits per heavy atom. The molecule has 0 aliphatic heterocycles. The van der Waals surface area contributed by atoms with Gasteiger partial charge in [0.15, 0.2) is 11.6 Å². The maximum atomic E-state index is 14.2. The van der Waals surface area contributed by atoms with Crippen LogP contribution in [-0.4, -0.2) is 5.78 Å². The lowest BCUT2D eigenvalue weighted by Crippen LogP contribution is -2.30. The fourth-order valence-electron chi connectivity index (χ4n) is 2.04. The zero-order chi connectivity index (χ0) is 15.8. The quantitative estimate of drug-likeness (QED) is 0.510. The molecule has 0 atom stereocenters. The lowest BCUT2D eigenvalue weighted by Gasteiger charge is -2.24. The molecule has 0 saturated carbocycles. The molecule has 21 heavy (non-hydrogen) atoms. The van der Waals surface area contributed by atoms with E-state index in [1.165, 1.54) is 36.4 Å². The molecule has 0 amide bonds. The third kappa shape index (κ3) is 3.01. The summed E-state index contributed by atoms with van der Waals surface area (Å²) >= 11 is 8.93. The summed E-state index contributed by atoms with van der Waals surface area (Å²) in [5.74, 6) is -1.56. The highest BCUT2D eigenvalue weighted by Gasteiger charge is 2.33. The van der Waals surface area contributed by atoms with Gasteiger partial charge in [-0.15, -0.1) is 0 Å². The Morgan fingerprint density at radius 1 is 1.10 bits per heavy atom. The highest BCUT2D eigenvalue weighted by Crippen LogP contribution is 2.33. The van der Waals surface area contributed by atoms with Crippen LogP contribution in [0.25, 0.3) is 0 Å². The van der Waals surface area contributed by atoms with Crippen LogP contribution in [0.5, 0.6) is 0 Å². The van der Waals surface area contributed by atoms with Gasteiger partial charge in [-0.05, 0) is 59.6 Å². The van der Waals surface area contributed by atoms with Crippen LogP contribution in [0.3, 0.4) is 0 Å². The number of rotatable bonds is 3. The van der Waals surface area contributed by atoms with Crippen LogP contribution in [0, 0.1) is 11.6 Å². The summed E-state index contributed by atoms with van der Waals surface area (Å²) < 4.78 is 27.6. The van der Waals surface area contributed by atoms with E-state index < -0.39 is 17.0 Å². The van der Waals surface area contributed by atoms with E-state index in [1.54, 1.807) is 13.8 Å². The fourth-order valence-corrected chi connectivity index (χ4v) is 2.51. The van der Waals surface area contributed by atoms with Crippen LogP contribution < -0.4 is 0 Å². The molecule has 0 fully saturated rings. The molecular weight excluding hydrogens is 362 g/mol. The normalized spacial score (nSPS) is 11.5. The Hall–Kier alpha value is -1.26. The summed E-state index contributed by atoms with van der Waals surface area (Å²) in [7, 11) is 0. The van der Waals surface area contributed by atoms with Gasteiger partial charge in [-0.1, -0.05) is 23.7 Å². The molecule has 2 aromatic rings. The van der Waals surface area contributed by atoms with Crippen molar-refractivity contribution >= 4 is 33.3 Å². The van der Waals surface area contributed by atoms with Crippen LogP contribution in [0.15, 0.2) is 40.9 Å². The molecule has 110 valence electrons. The molecule has 0 aliphatic carbocycles. The lowest BCUT2D eigenvalue weighted by atomic mass is 9.78. The van der Waals surface area contributed by atoms with Gasteiger partial charge in [-0.25, -0.2) is 8.78 Å². The van der Waals surface area contributed by atoms with Gasteiger partial charge in [0.1, 0.15) is 5.82 Å². The molecule has 0 bridgehead atoms. The third-order valence-electron chi connectivity index (χ3n) is 3.41. The van der Waals surface area contributed by atoms with Crippen molar-refractivity contribution in [3.8, 4) is 0 Å². The molecule has 0 N–H and O–H groups in total. The second-order valence-corrected chi connectivity index (χ2v) is 6.42. The second kappa shape index (κ2) is 5.85. The van der Waals surface area contributed by atoms with E-state index in [0.717, 1.165) is 0 Å². The zero-order valence-corrected chi connectivity index (χ0v) is 13.7. The number of Topliss-reactive ketones (excluding diaryl/α,β-unsaturated/α-hetero) is 1. The van der Waals surface area contributed by atoms with Crippen LogP contribution >= 0.6 is 27.5 Å². The van der Waals surface area contributed by atoms with Gasteiger partial charge in [0.25, 0.3) is 0 Å². The fraction of sp³-hybridized carbons (Fsp3) is 0.188. The predicted octanol–water partition coefficient (Wildman–Crippen LogP) is 5.54. The topological polar surface area (TPSA) is 17.1 Å². The summed E-state index contributed by atoms with van der Waals surface area (Å²) in [6.45, 7) is 3.33. The molecule has 0 radical (unpaired) electrons. The summed E-state index contributed by atoms with van der Waals surface area (Å²) in [5.41, 5.74) is -0.476. The second-order valence-electron chi connectivity index (χ2n) is 5.18. The van der Waals surface area contributed by atoms with Crippen molar-refractivity contribution in [2.75, 3.05) is 0 Å². The summed E-state index contributed by atoms with van der Waals surface area (Å²) in [4.78, 5) is 12.6. The lowest BCUT2D eigenvalue weighted by molar-refractivity contribution is 0.0904. The van der Waals surface area contributed by atoms with Crippen LogP contribution in [0.2, 0.25) is 5.02 Å². The smallest absolute Gasteiger partial charge is 0.175 e. The highest BCUT2D eigenvalue weighted by atomic mass is 79.9. The molecule has 0 heterocycles. The van der Waals surface area contributed by atoms with Crippen molar-refractivity contribution in [1.82, 2.24) is 0 Å². The van der Waals surface area contributed by atoms with E-state index in [4.69, 9.17) is 11.6 Å². The van der Waals surface area contributed by atoms with E-state index in [1.807, 2.05) is 0 Å². The maximum Gasteiger partial charge on any atom is 0.175 e. The highest BCUT2D eigenvalue weighted by molar-refractivity contribution is 9.10. The average Bonchev–Trinajstić information content (AvgIpc) is 2.45. The number of benzene rings is 2. The molecule has 1 nitrogen and oxygen atoms in total. The first kappa shape index (κ1) is 16.1. The van der Waals surface area contributed by atoms with Crippen molar-refractivity contribution < 1.29 is 13.6 Å². The van der Waals surface area contributed by atoms with E-state index in [-0.39, 0.29) is 16.4 Å². The minimum atomic E-state index is -0.994. The molecular formula is C16H12BrClF2O. The van der Waals surface area contributed by atoms with Crippen molar-refractivity contribution in [3.05, 3.63) is 68.7 Å². The monoisotopic (exact) mass is 372 g/mol. The van der Waals surface area contributed by atoms with E-state index in [2.05, 4.69) is 15.9 Å². The number of ketones is 1. The van der Waals surface area contributed by atoms with Crippen LogP contribution in [-0.2, 0) is 5.41 Å². The number of carbonyl (C=O) groups excluding carboxylic acids is 1. The number of hydrogen-bond acceptors (Lipinski definition) is 1. The Balaban J connectivity index is 2.48. The minimum Gasteiger partial charge on any atom is -0.293 e. The van der Waals surface area contributed by atoms with Crippen molar-refractivity contribution in [2.24, 2.45) is 0 Å². The van der Waals surface area contributed by atoms with Gasteiger partial charge >= 0.3 is 0 Å². The zero-order valence-electron chi connectivity index (χ0n) is 11.4. The number of halogens is 4. The summed E-state index contributed by atoms with van der Waals surface area (Å²) in [6.07, 6.45) is 0. The predicted molar refractivity (Wildman–Crippen MR) is 82.9 cm³/mol. The van der Waals surface area contributed by atoms with E-state index in [9.17, 15) is 13.6 Å². The van der Waals surface area contributed by atoms with Gasteiger partial charge < -0.3 is 0 Å². The largest absolute Gasteiger partial charge is 0.293 e. The van der Waals surface area contributed by atoms with E-state index in [0.29, 0.717) is 10.0 Å². The van der Waals surface area contributed by atoms with Crippen molar-refractivity contribution in [2.45, 2.75) is 19.3 Å². The van der Waals surface area contributed by atoms with Crippen molar-refractivity contribution in [1.29, 1.82) is 0 Å². The molecule has 0 saturated heterocycles. The first-order valence-electron chi connectivity index (χ1n) is 6.19. The van der Waals surface area contributed by atoms with E-state index >= 15 is 0 Å². The first-order valence-corrected chi connectivity index (χ1v) is 7.36. The molecule has 0 aromatic heterocycles. The Labute approximate surface area is 135 Å². The molecule has 2 rings (SSSR count). The van der Waals surface area contributed by atoms with Gasteiger partial charge in [0.2, 0.25) is 0 Å². The average molecular weight is 374 g/mol.